The SMILES string of the molecule is c1ccc2c(c1)Cc1ccc(-c3ccc(-c4nc(-c5ccc(-c6ccc7sc8ccccc8c7c6)cc5)nc(-c5ccc(-c6ccc7sc8ccccc8c7c6)cc5)n4)cc3)cc1-2. The summed E-state index contributed by atoms with van der Waals surface area (Å²) >= 11 is 3.69. The van der Waals surface area contributed by atoms with Gasteiger partial charge in [0, 0.05) is 57.0 Å². The van der Waals surface area contributed by atoms with Crippen LogP contribution in [0.15, 0.2) is 200 Å². The van der Waals surface area contributed by atoms with Gasteiger partial charge in [-0.25, -0.2) is 15.0 Å². The van der Waals surface area contributed by atoms with E-state index in [-0.39, 0.29) is 0 Å². The van der Waals surface area contributed by atoms with Crippen molar-refractivity contribution < 1.29 is 0 Å². The summed E-state index contributed by atoms with van der Waals surface area (Å²) in [6.07, 6.45) is 0.991. The van der Waals surface area contributed by atoms with Crippen molar-refractivity contribution in [1.29, 1.82) is 0 Å². The van der Waals surface area contributed by atoms with Crippen molar-refractivity contribution in [2.75, 3.05) is 0 Å². The van der Waals surface area contributed by atoms with Crippen LogP contribution < -0.4 is 0 Å². The lowest BCUT2D eigenvalue weighted by atomic mass is 9.98. The minimum absolute atomic E-state index is 0.640. The van der Waals surface area contributed by atoms with Crippen LogP contribution in [0.1, 0.15) is 11.1 Å². The molecule has 0 radical (unpaired) electrons. The lowest BCUT2D eigenvalue weighted by Gasteiger charge is -2.11. The highest BCUT2D eigenvalue weighted by atomic mass is 32.1. The van der Waals surface area contributed by atoms with E-state index >= 15 is 0 Å². The third-order valence-corrected chi connectivity index (χ3v) is 14.9. The first kappa shape index (κ1) is 36.1. The fraction of sp³-hybridized carbons (Fsp3) is 0.0172. The van der Waals surface area contributed by atoms with Crippen molar-refractivity contribution in [3.63, 3.8) is 0 Å². The molecule has 0 amide bonds. The molecule has 0 fully saturated rings. The van der Waals surface area contributed by atoms with E-state index in [1.807, 2.05) is 22.7 Å². The van der Waals surface area contributed by atoms with Crippen LogP contribution in [0, 0.1) is 0 Å². The third-order valence-electron chi connectivity index (χ3n) is 12.6. The molecular formula is C58H35N3S2. The van der Waals surface area contributed by atoms with Crippen molar-refractivity contribution in [3.05, 3.63) is 211 Å². The Balaban J connectivity index is 0.867. The molecule has 0 saturated heterocycles. The van der Waals surface area contributed by atoms with E-state index in [1.165, 1.54) is 79.3 Å². The average Bonchev–Trinajstić information content (AvgIpc) is 4.04. The van der Waals surface area contributed by atoms with E-state index in [4.69, 9.17) is 15.0 Å². The zero-order chi connectivity index (χ0) is 41.4. The monoisotopic (exact) mass is 837 g/mol. The summed E-state index contributed by atoms with van der Waals surface area (Å²) in [6.45, 7) is 0. The van der Waals surface area contributed by atoms with E-state index in [2.05, 4.69) is 200 Å². The van der Waals surface area contributed by atoms with Gasteiger partial charge in [0.2, 0.25) is 0 Å². The number of benzene rings is 9. The van der Waals surface area contributed by atoms with Gasteiger partial charge in [-0.3, -0.25) is 0 Å². The summed E-state index contributed by atoms with van der Waals surface area (Å²) in [5, 5.41) is 5.20. The third kappa shape index (κ3) is 6.27. The average molecular weight is 838 g/mol. The van der Waals surface area contributed by atoms with Gasteiger partial charge < -0.3 is 0 Å². The molecule has 12 aromatic rings. The summed E-state index contributed by atoms with van der Waals surface area (Å²) in [4.78, 5) is 15.4. The molecule has 9 aromatic carbocycles. The Bertz CT molecular complexity index is 3570. The van der Waals surface area contributed by atoms with Gasteiger partial charge in [-0.2, -0.15) is 0 Å². The Kier molecular flexibility index (Phi) is 8.33. The normalized spacial score (nSPS) is 12.1. The second-order valence-electron chi connectivity index (χ2n) is 16.4. The topological polar surface area (TPSA) is 38.7 Å². The molecule has 0 bridgehead atoms. The molecule has 0 aliphatic heterocycles. The van der Waals surface area contributed by atoms with Crippen LogP contribution >= 0.6 is 22.7 Å². The maximum Gasteiger partial charge on any atom is 0.164 e. The summed E-state index contributed by atoms with van der Waals surface area (Å²) in [6, 6.07) is 72.4. The lowest BCUT2D eigenvalue weighted by molar-refractivity contribution is 1.07. The standard InChI is InChI=1S/C58H35N3S2/c1-2-8-46-44(7-1)31-45-26-25-41(32-49(45)46)35-13-19-38(20-14-35)56-59-57(39-21-15-36(16-22-39)42-27-29-54-50(33-42)47-9-3-5-11-52(47)62-54)61-58(60-56)40-23-17-37(18-24-40)43-28-30-55-51(34-43)48-10-4-6-12-53(48)63-55/h1-30,32-34H,31H2. The van der Waals surface area contributed by atoms with Crippen LogP contribution in [-0.4, -0.2) is 15.0 Å². The van der Waals surface area contributed by atoms with Gasteiger partial charge in [-0.15, -0.1) is 22.7 Å². The quantitative estimate of drug-likeness (QED) is 0.167. The van der Waals surface area contributed by atoms with Crippen LogP contribution in [-0.2, 0) is 6.42 Å². The van der Waals surface area contributed by atoms with Gasteiger partial charge in [0.05, 0.1) is 0 Å². The number of aromatic nitrogens is 3. The molecule has 0 N–H and O–H groups in total. The molecule has 63 heavy (non-hydrogen) atoms. The van der Waals surface area contributed by atoms with Crippen LogP contribution in [0.3, 0.4) is 0 Å². The van der Waals surface area contributed by atoms with Gasteiger partial charge in [-0.05, 0) is 105 Å². The Morgan fingerprint density at radius 3 is 1.14 bits per heavy atom. The predicted octanol–water partition coefficient (Wildman–Crippen LogP) is 16.2. The Hall–Kier alpha value is -7.57. The maximum absolute atomic E-state index is 5.14. The van der Waals surface area contributed by atoms with Crippen LogP contribution in [0.25, 0.3) is 119 Å². The molecule has 1 aliphatic rings. The molecule has 5 heteroatoms. The van der Waals surface area contributed by atoms with Gasteiger partial charge >= 0.3 is 0 Å². The lowest BCUT2D eigenvalue weighted by Crippen LogP contribution is -2.00. The van der Waals surface area contributed by atoms with Crippen molar-refractivity contribution in [1.82, 2.24) is 15.0 Å². The number of hydrogen-bond acceptors (Lipinski definition) is 5. The van der Waals surface area contributed by atoms with Crippen molar-refractivity contribution >= 4 is 63.0 Å². The molecule has 0 atom stereocenters. The smallest absolute Gasteiger partial charge is 0.164 e. The molecule has 0 spiro atoms. The fourth-order valence-corrected chi connectivity index (χ4v) is 11.5. The highest BCUT2D eigenvalue weighted by Gasteiger charge is 2.19. The second kappa shape index (κ2) is 14.5. The Morgan fingerprint density at radius 1 is 0.270 bits per heavy atom. The molecule has 3 nitrogen and oxygen atoms in total. The maximum atomic E-state index is 5.14. The van der Waals surface area contributed by atoms with E-state index in [0.29, 0.717) is 17.5 Å². The summed E-state index contributed by atoms with van der Waals surface area (Å²) in [5.74, 6) is 1.92. The number of nitrogens with zero attached hydrogens (tertiary/aromatic N) is 3. The predicted molar refractivity (Wildman–Crippen MR) is 266 cm³/mol. The van der Waals surface area contributed by atoms with Crippen molar-refractivity contribution in [3.8, 4) is 78.7 Å². The number of thiophene rings is 2. The summed E-state index contributed by atoms with van der Waals surface area (Å²) < 4.78 is 5.23. The molecule has 13 rings (SSSR count). The number of fused-ring (bicyclic) bond motifs is 9. The summed E-state index contributed by atoms with van der Waals surface area (Å²) in [5.41, 5.74) is 15.3. The summed E-state index contributed by atoms with van der Waals surface area (Å²) in [7, 11) is 0. The Morgan fingerprint density at radius 2 is 0.635 bits per heavy atom. The zero-order valence-corrected chi connectivity index (χ0v) is 35.6. The molecule has 0 saturated carbocycles. The van der Waals surface area contributed by atoms with Crippen LogP contribution in [0.2, 0.25) is 0 Å². The van der Waals surface area contributed by atoms with Gasteiger partial charge in [0.15, 0.2) is 17.5 Å². The minimum Gasteiger partial charge on any atom is -0.208 e. The fourth-order valence-electron chi connectivity index (χ4n) is 9.31. The molecule has 0 unspecified atom stereocenters. The van der Waals surface area contributed by atoms with Gasteiger partial charge in [0.1, 0.15) is 0 Å². The molecule has 3 aromatic heterocycles. The zero-order valence-electron chi connectivity index (χ0n) is 33.9. The highest BCUT2D eigenvalue weighted by molar-refractivity contribution is 7.26. The number of rotatable bonds is 6. The van der Waals surface area contributed by atoms with E-state index in [1.54, 1.807) is 0 Å². The van der Waals surface area contributed by atoms with E-state index in [0.717, 1.165) is 39.8 Å². The van der Waals surface area contributed by atoms with E-state index < -0.39 is 0 Å². The number of hydrogen-bond donors (Lipinski definition) is 0. The molecular weight excluding hydrogens is 803 g/mol. The first-order chi connectivity index (χ1) is 31.1. The largest absolute Gasteiger partial charge is 0.208 e. The van der Waals surface area contributed by atoms with Gasteiger partial charge in [0.25, 0.3) is 0 Å². The van der Waals surface area contributed by atoms with Crippen molar-refractivity contribution in [2.24, 2.45) is 0 Å². The van der Waals surface area contributed by atoms with Crippen LogP contribution in [0.5, 0.6) is 0 Å². The van der Waals surface area contributed by atoms with Gasteiger partial charge in [-0.1, -0.05) is 158 Å². The molecule has 1 aliphatic carbocycles. The Labute approximate surface area is 372 Å². The first-order valence-corrected chi connectivity index (χ1v) is 22.9. The van der Waals surface area contributed by atoms with E-state index in [9.17, 15) is 0 Å². The molecule has 3 heterocycles. The minimum atomic E-state index is 0.640. The highest BCUT2D eigenvalue weighted by Crippen LogP contribution is 2.41. The van der Waals surface area contributed by atoms with Crippen LogP contribution in [0.4, 0.5) is 0 Å². The first-order valence-electron chi connectivity index (χ1n) is 21.3. The molecule has 294 valence electrons. The second-order valence-corrected chi connectivity index (χ2v) is 18.5. The van der Waals surface area contributed by atoms with Crippen molar-refractivity contribution in [2.45, 2.75) is 6.42 Å².